The van der Waals surface area contributed by atoms with Crippen LogP contribution < -0.4 is 19.9 Å². The molecule has 0 saturated heterocycles. The van der Waals surface area contributed by atoms with E-state index in [2.05, 4.69) is 13.8 Å². The van der Waals surface area contributed by atoms with E-state index in [0.717, 1.165) is 18.4 Å². The fourth-order valence-electron chi connectivity index (χ4n) is 1.96. The molecule has 0 fully saturated rings. The van der Waals surface area contributed by atoms with Crippen molar-refractivity contribution in [3.8, 4) is 17.2 Å². The molecule has 0 heterocycles. The van der Waals surface area contributed by atoms with Crippen LogP contribution in [0.25, 0.3) is 0 Å². The summed E-state index contributed by atoms with van der Waals surface area (Å²) in [7, 11) is 3.28. The molecule has 0 radical (unpaired) electrons. The number of methoxy groups -OCH3 is 2. The van der Waals surface area contributed by atoms with E-state index in [0.29, 0.717) is 29.8 Å². The van der Waals surface area contributed by atoms with Crippen LogP contribution in [0.3, 0.4) is 0 Å². The van der Waals surface area contributed by atoms with E-state index in [1.807, 2.05) is 19.1 Å². The molecule has 2 N–H and O–H groups in total. The van der Waals surface area contributed by atoms with Gasteiger partial charge < -0.3 is 19.9 Å². The summed E-state index contributed by atoms with van der Waals surface area (Å²) in [6.45, 7) is 6.97. The average molecular weight is 281 g/mol. The van der Waals surface area contributed by atoms with Gasteiger partial charge in [-0.3, -0.25) is 0 Å². The van der Waals surface area contributed by atoms with Gasteiger partial charge in [-0.05, 0) is 43.4 Å². The minimum Gasteiger partial charge on any atom is -0.493 e. The van der Waals surface area contributed by atoms with Gasteiger partial charge >= 0.3 is 0 Å². The second kappa shape index (κ2) is 8.00. The van der Waals surface area contributed by atoms with Crippen molar-refractivity contribution in [3.63, 3.8) is 0 Å². The van der Waals surface area contributed by atoms with Crippen LogP contribution in [0, 0.1) is 5.92 Å². The SMILES string of the molecule is COc1cc(CC(C)N)cc(OC)c1OCCC(C)C. The molecule has 0 aliphatic heterocycles. The summed E-state index contributed by atoms with van der Waals surface area (Å²) in [6.07, 6.45) is 1.77. The van der Waals surface area contributed by atoms with Gasteiger partial charge in [0.05, 0.1) is 20.8 Å². The van der Waals surface area contributed by atoms with Gasteiger partial charge in [0.2, 0.25) is 5.75 Å². The third-order valence-corrected chi connectivity index (χ3v) is 3.02. The van der Waals surface area contributed by atoms with Gasteiger partial charge in [0.1, 0.15) is 0 Å². The molecule has 1 atom stereocenters. The molecule has 0 spiro atoms. The van der Waals surface area contributed by atoms with Crippen molar-refractivity contribution in [2.45, 2.75) is 39.7 Å². The molecular weight excluding hydrogens is 254 g/mol. The first-order valence-corrected chi connectivity index (χ1v) is 7.11. The molecule has 1 rings (SSSR count). The van der Waals surface area contributed by atoms with Crippen molar-refractivity contribution >= 4 is 0 Å². The predicted molar refractivity (Wildman–Crippen MR) is 81.8 cm³/mol. The van der Waals surface area contributed by atoms with E-state index in [9.17, 15) is 0 Å². The number of ether oxygens (including phenoxy) is 3. The van der Waals surface area contributed by atoms with E-state index < -0.39 is 0 Å². The monoisotopic (exact) mass is 281 g/mol. The maximum absolute atomic E-state index is 5.85. The lowest BCUT2D eigenvalue weighted by molar-refractivity contribution is 0.257. The molecular formula is C16H27NO3. The van der Waals surface area contributed by atoms with Crippen LogP contribution in [-0.2, 0) is 6.42 Å². The maximum Gasteiger partial charge on any atom is 0.203 e. The molecule has 0 aliphatic rings. The first kappa shape index (κ1) is 16.6. The molecule has 0 amide bonds. The Morgan fingerprint density at radius 1 is 1.05 bits per heavy atom. The van der Waals surface area contributed by atoms with Crippen LogP contribution in [0.4, 0.5) is 0 Å². The third kappa shape index (κ3) is 4.93. The van der Waals surface area contributed by atoms with Crippen molar-refractivity contribution in [2.75, 3.05) is 20.8 Å². The smallest absolute Gasteiger partial charge is 0.203 e. The Balaban J connectivity index is 2.96. The molecule has 0 saturated carbocycles. The first-order valence-electron chi connectivity index (χ1n) is 7.11. The Hall–Kier alpha value is -1.42. The highest BCUT2D eigenvalue weighted by Crippen LogP contribution is 2.39. The average Bonchev–Trinajstić information content (AvgIpc) is 2.38. The summed E-state index contributed by atoms with van der Waals surface area (Å²) in [5.74, 6) is 2.67. The van der Waals surface area contributed by atoms with Gasteiger partial charge in [-0.25, -0.2) is 0 Å². The lowest BCUT2D eigenvalue weighted by atomic mass is 10.1. The van der Waals surface area contributed by atoms with Crippen molar-refractivity contribution in [3.05, 3.63) is 17.7 Å². The molecule has 114 valence electrons. The van der Waals surface area contributed by atoms with E-state index >= 15 is 0 Å². The fraction of sp³-hybridized carbons (Fsp3) is 0.625. The molecule has 0 aromatic heterocycles. The number of nitrogens with two attached hydrogens (primary N) is 1. The van der Waals surface area contributed by atoms with Gasteiger partial charge in [-0.1, -0.05) is 13.8 Å². The predicted octanol–water partition coefficient (Wildman–Crippen LogP) is 3.02. The molecule has 0 bridgehead atoms. The van der Waals surface area contributed by atoms with E-state index in [1.54, 1.807) is 14.2 Å². The highest BCUT2D eigenvalue weighted by atomic mass is 16.5. The first-order chi connectivity index (χ1) is 9.47. The van der Waals surface area contributed by atoms with Crippen LogP contribution in [-0.4, -0.2) is 26.9 Å². The molecule has 4 nitrogen and oxygen atoms in total. The summed E-state index contributed by atoms with van der Waals surface area (Å²) in [5.41, 5.74) is 6.93. The Bertz CT molecular complexity index is 391. The largest absolute Gasteiger partial charge is 0.493 e. The van der Waals surface area contributed by atoms with Crippen LogP contribution >= 0.6 is 0 Å². The van der Waals surface area contributed by atoms with Crippen molar-refractivity contribution < 1.29 is 14.2 Å². The number of benzene rings is 1. The van der Waals surface area contributed by atoms with Gasteiger partial charge in [0, 0.05) is 6.04 Å². The highest BCUT2D eigenvalue weighted by Gasteiger charge is 2.15. The van der Waals surface area contributed by atoms with E-state index in [4.69, 9.17) is 19.9 Å². The Morgan fingerprint density at radius 3 is 2.00 bits per heavy atom. The summed E-state index contributed by atoms with van der Waals surface area (Å²) in [4.78, 5) is 0. The lowest BCUT2D eigenvalue weighted by Crippen LogP contribution is -2.17. The van der Waals surface area contributed by atoms with Crippen molar-refractivity contribution in [1.82, 2.24) is 0 Å². The molecule has 0 aliphatic carbocycles. The third-order valence-electron chi connectivity index (χ3n) is 3.02. The minimum atomic E-state index is 0.0946. The number of hydrogen-bond acceptors (Lipinski definition) is 4. The Morgan fingerprint density at radius 2 is 1.60 bits per heavy atom. The second-order valence-corrected chi connectivity index (χ2v) is 5.54. The number of hydrogen-bond donors (Lipinski definition) is 1. The Kier molecular flexibility index (Phi) is 6.65. The van der Waals surface area contributed by atoms with Gasteiger partial charge in [-0.2, -0.15) is 0 Å². The van der Waals surface area contributed by atoms with Crippen molar-refractivity contribution in [2.24, 2.45) is 11.7 Å². The normalized spacial score (nSPS) is 12.3. The van der Waals surface area contributed by atoms with Crippen molar-refractivity contribution in [1.29, 1.82) is 0 Å². The summed E-state index contributed by atoms with van der Waals surface area (Å²) >= 11 is 0. The highest BCUT2D eigenvalue weighted by molar-refractivity contribution is 5.54. The molecule has 1 aromatic rings. The van der Waals surface area contributed by atoms with Gasteiger partial charge in [0.25, 0.3) is 0 Å². The quantitative estimate of drug-likeness (QED) is 0.796. The zero-order valence-electron chi connectivity index (χ0n) is 13.2. The lowest BCUT2D eigenvalue weighted by Gasteiger charge is -2.17. The standard InChI is InChI=1S/C16H27NO3/c1-11(2)6-7-20-16-14(18-4)9-13(8-12(3)17)10-15(16)19-5/h9-12H,6-8,17H2,1-5H3. The Labute approximate surface area is 122 Å². The summed E-state index contributed by atoms with van der Waals surface area (Å²) in [6, 6.07) is 4.03. The minimum absolute atomic E-state index is 0.0946. The van der Waals surface area contributed by atoms with Crippen LogP contribution in [0.5, 0.6) is 17.2 Å². The van der Waals surface area contributed by atoms with Crippen LogP contribution in [0.15, 0.2) is 12.1 Å². The van der Waals surface area contributed by atoms with E-state index in [-0.39, 0.29) is 6.04 Å². The van der Waals surface area contributed by atoms with Gasteiger partial charge in [0.15, 0.2) is 11.5 Å². The summed E-state index contributed by atoms with van der Waals surface area (Å²) in [5, 5.41) is 0. The van der Waals surface area contributed by atoms with E-state index in [1.165, 1.54) is 0 Å². The van der Waals surface area contributed by atoms with Crippen LogP contribution in [0.1, 0.15) is 32.8 Å². The topological polar surface area (TPSA) is 53.7 Å². The van der Waals surface area contributed by atoms with Crippen LogP contribution in [0.2, 0.25) is 0 Å². The zero-order valence-corrected chi connectivity index (χ0v) is 13.2. The molecule has 4 heteroatoms. The second-order valence-electron chi connectivity index (χ2n) is 5.54. The van der Waals surface area contributed by atoms with Gasteiger partial charge in [-0.15, -0.1) is 0 Å². The maximum atomic E-state index is 5.85. The molecule has 1 aromatic carbocycles. The zero-order chi connectivity index (χ0) is 15.1. The summed E-state index contributed by atoms with van der Waals surface area (Å²) < 4.78 is 16.7. The fourth-order valence-corrected chi connectivity index (χ4v) is 1.96. The number of rotatable bonds is 8. The molecule has 20 heavy (non-hydrogen) atoms. The molecule has 1 unspecified atom stereocenters.